The first-order valence-electron chi connectivity index (χ1n) is 8.73. The standard InChI is InChI=1S/C18H22FNO3S2/c19-15-5-2-1-4-14(15)18(24-8-3-9-25-18)17(23)10-12-6-7-13(11-17)20(12)16(21)22/h1-2,4-5,12-13,23H,3,6-11H2,(H,21,22)/t12-,13+,17-. The zero-order valence-electron chi connectivity index (χ0n) is 13.9. The van der Waals surface area contributed by atoms with Crippen molar-refractivity contribution < 1.29 is 19.4 Å². The fourth-order valence-corrected chi connectivity index (χ4v) is 8.42. The predicted octanol–water partition coefficient (Wildman–Crippen LogP) is 3.88. The minimum absolute atomic E-state index is 0.173. The monoisotopic (exact) mass is 383 g/mol. The number of amides is 1. The van der Waals surface area contributed by atoms with Crippen molar-refractivity contribution in [2.45, 2.75) is 53.9 Å². The molecule has 4 rings (SSSR count). The average Bonchev–Trinajstić information content (AvgIpc) is 2.88. The summed E-state index contributed by atoms with van der Waals surface area (Å²) < 4.78 is 14.0. The van der Waals surface area contributed by atoms with Crippen LogP contribution in [0.15, 0.2) is 24.3 Å². The van der Waals surface area contributed by atoms with Crippen LogP contribution in [0.2, 0.25) is 0 Å². The molecule has 3 fully saturated rings. The van der Waals surface area contributed by atoms with Crippen molar-refractivity contribution >= 4 is 29.6 Å². The molecule has 3 aliphatic rings. The van der Waals surface area contributed by atoms with Crippen molar-refractivity contribution in [1.29, 1.82) is 0 Å². The van der Waals surface area contributed by atoms with Gasteiger partial charge in [-0.05, 0) is 49.7 Å². The largest absolute Gasteiger partial charge is 0.465 e. The fraction of sp³-hybridized carbons (Fsp3) is 0.611. The smallest absolute Gasteiger partial charge is 0.407 e. The third-order valence-electron chi connectivity index (χ3n) is 5.73. The Morgan fingerprint density at radius 3 is 2.32 bits per heavy atom. The molecule has 0 aliphatic carbocycles. The Morgan fingerprint density at radius 2 is 1.76 bits per heavy atom. The van der Waals surface area contributed by atoms with E-state index in [4.69, 9.17) is 0 Å². The molecule has 2 N–H and O–H groups in total. The molecule has 25 heavy (non-hydrogen) atoms. The number of carbonyl (C=O) groups is 1. The average molecular weight is 384 g/mol. The van der Waals surface area contributed by atoms with Crippen molar-refractivity contribution in [3.8, 4) is 0 Å². The zero-order chi connectivity index (χ0) is 17.7. The second-order valence-electron chi connectivity index (χ2n) is 7.16. The van der Waals surface area contributed by atoms with Crippen LogP contribution in [-0.2, 0) is 4.08 Å². The highest BCUT2D eigenvalue weighted by Gasteiger charge is 2.61. The number of hydrogen-bond acceptors (Lipinski definition) is 4. The maximum absolute atomic E-state index is 14.7. The number of rotatable bonds is 2. The topological polar surface area (TPSA) is 60.8 Å². The molecule has 3 atom stereocenters. The molecular formula is C18H22FNO3S2. The van der Waals surface area contributed by atoms with Gasteiger partial charge in [0.1, 0.15) is 9.90 Å². The van der Waals surface area contributed by atoms with Crippen molar-refractivity contribution in [3.05, 3.63) is 35.6 Å². The number of thioether (sulfide) groups is 2. The van der Waals surface area contributed by atoms with Crippen LogP contribution < -0.4 is 0 Å². The Morgan fingerprint density at radius 1 is 1.16 bits per heavy atom. The van der Waals surface area contributed by atoms with Crippen molar-refractivity contribution in [1.82, 2.24) is 4.90 Å². The first kappa shape index (κ1) is 17.5. The van der Waals surface area contributed by atoms with Crippen molar-refractivity contribution in [2.75, 3.05) is 11.5 Å². The lowest BCUT2D eigenvalue weighted by Gasteiger charge is -2.53. The van der Waals surface area contributed by atoms with Crippen LogP contribution in [0.25, 0.3) is 0 Å². The Hall–Kier alpha value is -0.920. The highest BCUT2D eigenvalue weighted by Crippen LogP contribution is 2.62. The number of fused-ring (bicyclic) bond motifs is 2. The zero-order valence-corrected chi connectivity index (χ0v) is 15.5. The number of nitrogens with zero attached hydrogens (tertiary/aromatic N) is 1. The predicted molar refractivity (Wildman–Crippen MR) is 98.5 cm³/mol. The van der Waals surface area contributed by atoms with Gasteiger partial charge in [0, 0.05) is 17.6 Å². The summed E-state index contributed by atoms with van der Waals surface area (Å²) in [7, 11) is 0. The lowest BCUT2D eigenvalue weighted by Crippen LogP contribution is -2.60. The van der Waals surface area contributed by atoms with E-state index in [1.165, 1.54) is 11.0 Å². The molecule has 3 aliphatic heterocycles. The fourth-order valence-electron chi connectivity index (χ4n) is 4.74. The highest BCUT2D eigenvalue weighted by molar-refractivity contribution is 8.18. The molecule has 2 bridgehead atoms. The van der Waals surface area contributed by atoms with E-state index in [2.05, 4.69) is 0 Å². The molecule has 3 heterocycles. The van der Waals surface area contributed by atoms with Gasteiger partial charge in [0.25, 0.3) is 0 Å². The molecule has 3 saturated heterocycles. The lowest BCUT2D eigenvalue weighted by molar-refractivity contribution is -0.0541. The van der Waals surface area contributed by atoms with Gasteiger partial charge in [0.2, 0.25) is 0 Å². The first-order valence-corrected chi connectivity index (χ1v) is 10.7. The molecule has 0 spiro atoms. The summed E-state index contributed by atoms with van der Waals surface area (Å²) >= 11 is 3.26. The maximum atomic E-state index is 14.7. The maximum Gasteiger partial charge on any atom is 0.407 e. The van der Waals surface area contributed by atoms with Gasteiger partial charge in [0.05, 0.1) is 5.60 Å². The number of carboxylic acid groups (broad SMARTS) is 1. The van der Waals surface area contributed by atoms with Crippen LogP contribution in [0.5, 0.6) is 0 Å². The molecule has 136 valence electrons. The molecular weight excluding hydrogens is 361 g/mol. The number of hydrogen-bond donors (Lipinski definition) is 2. The summed E-state index contributed by atoms with van der Waals surface area (Å²) in [5.41, 5.74) is -0.557. The van der Waals surface area contributed by atoms with E-state index in [1.54, 1.807) is 35.7 Å². The lowest BCUT2D eigenvalue weighted by atomic mass is 9.80. The molecule has 0 unspecified atom stereocenters. The summed E-state index contributed by atoms with van der Waals surface area (Å²) in [4.78, 5) is 13.1. The number of piperidine rings is 1. The normalized spacial score (nSPS) is 34.1. The van der Waals surface area contributed by atoms with Gasteiger partial charge >= 0.3 is 6.09 Å². The van der Waals surface area contributed by atoms with Gasteiger partial charge in [-0.25, -0.2) is 9.18 Å². The van der Waals surface area contributed by atoms with Gasteiger partial charge in [0.15, 0.2) is 0 Å². The Kier molecular flexibility index (Phi) is 4.45. The summed E-state index contributed by atoms with van der Waals surface area (Å²) in [5.74, 6) is 1.47. The van der Waals surface area contributed by atoms with Gasteiger partial charge in [-0.2, -0.15) is 0 Å². The van der Waals surface area contributed by atoms with E-state index in [0.717, 1.165) is 30.8 Å². The number of benzene rings is 1. The van der Waals surface area contributed by atoms with E-state index in [-0.39, 0.29) is 17.9 Å². The third-order valence-corrected chi connectivity index (χ3v) is 9.43. The minimum Gasteiger partial charge on any atom is -0.465 e. The summed E-state index contributed by atoms with van der Waals surface area (Å²) in [6, 6.07) is 6.38. The van der Waals surface area contributed by atoms with E-state index in [9.17, 15) is 19.4 Å². The summed E-state index contributed by atoms with van der Waals surface area (Å²) in [5, 5.41) is 21.3. The number of halogens is 1. The van der Waals surface area contributed by atoms with E-state index >= 15 is 0 Å². The van der Waals surface area contributed by atoms with Crippen LogP contribution in [0.3, 0.4) is 0 Å². The quantitative estimate of drug-likeness (QED) is 0.811. The van der Waals surface area contributed by atoms with Crippen molar-refractivity contribution in [2.24, 2.45) is 0 Å². The Balaban J connectivity index is 1.76. The molecule has 4 nitrogen and oxygen atoms in total. The van der Waals surface area contributed by atoms with E-state index in [0.29, 0.717) is 18.4 Å². The molecule has 1 aromatic rings. The van der Waals surface area contributed by atoms with Crippen LogP contribution in [0, 0.1) is 5.82 Å². The number of aliphatic hydroxyl groups is 1. The molecule has 1 amide bonds. The van der Waals surface area contributed by atoms with Crippen LogP contribution in [-0.4, -0.2) is 50.4 Å². The summed E-state index contributed by atoms with van der Waals surface area (Å²) in [6.07, 6.45) is 2.45. The van der Waals surface area contributed by atoms with Crippen LogP contribution in [0.4, 0.5) is 9.18 Å². The summed E-state index contributed by atoms with van der Waals surface area (Å²) in [6.45, 7) is 0. The van der Waals surface area contributed by atoms with Gasteiger partial charge in [-0.3, -0.25) is 0 Å². The van der Waals surface area contributed by atoms with Gasteiger partial charge in [-0.1, -0.05) is 18.2 Å². The Bertz CT molecular complexity index is 666. The molecule has 1 aromatic carbocycles. The Labute approximate surface area is 155 Å². The van der Waals surface area contributed by atoms with Gasteiger partial charge < -0.3 is 15.1 Å². The van der Waals surface area contributed by atoms with E-state index in [1.807, 2.05) is 6.07 Å². The van der Waals surface area contributed by atoms with Crippen molar-refractivity contribution in [3.63, 3.8) is 0 Å². The van der Waals surface area contributed by atoms with Crippen LogP contribution >= 0.6 is 23.5 Å². The minimum atomic E-state index is -1.11. The SMILES string of the molecule is O=C(O)N1[C@@H]2CC[C@H]1C[C@@](O)(C1(c3ccccc3F)SCCCS1)C2. The second-order valence-corrected chi connectivity index (χ2v) is 10.0. The highest BCUT2D eigenvalue weighted by atomic mass is 32.2. The molecule has 0 aromatic heterocycles. The second kappa shape index (κ2) is 6.35. The molecule has 0 saturated carbocycles. The first-order chi connectivity index (χ1) is 12.0. The molecule has 7 heteroatoms. The van der Waals surface area contributed by atoms with Crippen LogP contribution in [0.1, 0.15) is 37.7 Å². The van der Waals surface area contributed by atoms with E-state index < -0.39 is 15.8 Å². The molecule has 0 radical (unpaired) electrons. The van der Waals surface area contributed by atoms with Gasteiger partial charge in [-0.15, -0.1) is 23.5 Å². The third kappa shape index (κ3) is 2.66.